The standard InChI is InChI=1S/C12H15F5GeO3/c1-4-19-18(20-5-2,21-6-3)12-10(16)8(14)7(13)9(15)11(12)17/h4-6H2,1-3H3. The van der Waals surface area contributed by atoms with E-state index in [9.17, 15) is 22.0 Å². The van der Waals surface area contributed by atoms with Crippen molar-refractivity contribution in [3.8, 4) is 0 Å². The van der Waals surface area contributed by atoms with Gasteiger partial charge in [-0.3, -0.25) is 0 Å². The second kappa shape index (κ2) is 7.52. The quantitative estimate of drug-likeness (QED) is 0.318. The summed E-state index contributed by atoms with van der Waals surface area (Å²) >= 11 is -4.85. The van der Waals surface area contributed by atoms with Gasteiger partial charge in [-0.05, 0) is 0 Å². The third-order valence-corrected chi connectivity index (χ3v) is 8.93. The fourth-order valence-electron chi connectivity index (χ4n) is 1.79. The molecule has 0 fully saturated rings. The van der Waals surface area contributed by atoms with Crippen molar-refractivity contribution in [3.63, 3.8) is 0 Å². The fraction of sp³-hybridized carbons (Fsp3) is 0.500. The van der Waals surface area contributed by atoms with Crippen LogP contribution in [0.4, 0.5) is 22.0 Å². The van der Waals surface area contributed by atoms with E-state index < -0.39 is 47.8 Å². The van der Waals surface area contributed by atoms with Crippen LogP contribution in [0.1, 0.15) is 20.8 Å². The van der Waals surface area contributed by atoms with Crippen LogP contribution in [-0.2, 0) is 11.3 Å². The van der Waals surface area contributed by atoms with Gasteiger partial charge in [-0.2, -0.15) is 0 Å². The minimum atomic E-state index is -4.85. The van der Waals surface area contributed by atoms with Crippen LogP contribution < -0.4 is 4.40 Å². The molecule has 120 valence electrons. The van der Waals surface area contributed by atoms with Gasteiger partial charge in [0.2, 0.25) is 0 Å². The Morgan fingerprint density at radius 3 is 1.19 bits per heavy atom. The van der Waals surface area contributed by atoms with Gasteiger partial charge in [0.05, 0.1) is 0 Å². The van der Waals surface area contributed by atoms with Crippen LogP contribution in [0.25, 0.3) is 0 Å². The second-order valence-electron chi connectivity index (χ2n) is 3.80. The summed E-state index contributed by atoms with van der Waals surface area (Å²) in [7, 11) is 0. The maximum atomic E-state index is 14.0. The van der Waals surface area contributed by atoms with Crippen LogP contribution in [0.15, 0.2) is 0 Å². The Morgan fingerprint density at radius 1 is 0.619 bits per heavy atom. The molecule has 0 N–H and O–H groups in total. The van der Waals surface area contributed by atoms with Gasteiger partial charge in [0.1, 0.15) is 0 Å². The van der Waals surface area contributed by atoms with Crippen LogP contribution in [0.2, 0.25) is 0 Å². The monoisotopic (exact) mass is 376 g/mol. The number of rotatable bonds is 7. The van der Waals surface area contributed by atoms with E-state index >= 15 is 0 Å². The minimum absolute atomic E-state index is 0.0561. The summed E-state index contributed by atoms with van der Waals surface area (Å²) in [5.74, 6) is -10.3. The first-order valence-electron chi connectivity index (χ1n) is 6.29. The van der Waals surface area contributed by atoms with Gasteiger partial charge in [0, 0.05) is 0 Å². The number of hydrogen-bond acceptors (Lipinski definition) is 3. The Labute approximate surface area is 122 Å². The van der Waals surface area contributed by atoms with E-state index in [-0.39, 0.29) is 19.8 Å². The predicted molar refractivity (Wildman–Crippen MR) is 66.5 cm³/mol. The zero-order chi connectivity index (χ0) is 16.2. The van der Waals surface area contributed by atoms with Crippen molar-refractivity contribution in [2.24, 2.45) is 0 Å². The first kappa shape index (κ1) is 18.3. The zero-order valence-corrected chi connectivity index (χ0v) is 13.8. The summed E-state index contributed by atoms with van der Waals surface area (Å²) < 4.78 is 82.3. The summed E-state index contributed by atoms with van der Waals surface area (Å²) in [6.45, 7) is 4.34. The average Bonchev–Trinajstić information content (AvgIpc) is 2.44. The number of hydrogen-bond donors (Lipinski definition) is 0. The van der Waals surface area contributed by atoms with Crippen molar-refractivity contribution in [2.45, 2.75) is 20.8 Å². The first-order chi connectivity index (χ1) is 9.86. The Bertz CT molecular complexity index is 466. The van der Waals surface area contributed by atoms with Crippen molar-refractivity contribution in [3.05, 3.63) is 29.1 Å². The summed E-state index contributed by atoms with van der Waals surface area (Å²) in [5.41, 5.74) is 0. The molecule has 0 aliphatic rings. The van der Waals surface area contributed by atoms with Crippen molar-refractivity contribution in [1.29, 1.82) is 0 Å². The third kappa shape index (κ3) is 3.38. The third-order valence-electron chi connectivity index (χ3n) is 2.52. The molecule has 1 aromatic rings. The van der Waals surface area contributed by atoms with Gasteiger partial charge in [-0.15, -0.1) is 0 Å². The van der Waals surface area contributed by atoms with E-state index in [0.29, 0.717) is 0 Å². The van der Waals surface area contributed by atoms with Crippen LogP contribution in [0.3, 0.4) is 0 Å². The molecule has 0 unspecified atom stereocenters. The van der Waals surface area contributed by atoms with Gasteiger partial charge in [-0.1, -0.05) is 0 Å². The Morgan fingerprint density at radius 2 is 0.905 bits per heavy atom. The Hall–Kier alpha value is -0.707. The van der Waals surface area contributed by atoms with Gasteiger partial charge >= 0.3 is 122 Å². The van der Waals surface area contributed by atoms with Crippen molar-refractivity contribution >= 4 is 18.7 Å². The molecule has 0 saturated heterocycles. The van der Waals surface area contributed by atoms with Crippen molar-refractivity contribution in [1.82, 2.24) is 0 Å². The fourth-order valence-corrected chi connectivity index (χ4v) is 7.20. The molecular formula is C12H15F5GeO3. The Kier molecular flexibility index (Phi) is 6.57. The molecule has 0 aliphatic carbocycles. The molecule has 0 radical (unpaired) electrons. The normalized spacial score (nSPS) is 12.0. The maximum absolute atomic E-state index is 14.0. The van der Waals surface area contributed by atoms with Crippen molar-refractivity contribution in [2.75, 3.05) is 19.8 Å². The van der Waals surface area contributed by atoms with Crippen LogP contribution in [0.5, 0.6) is 0 Å². The molecule has 0 aromatic heterocycles. The number of benzene rings is 1. The molecular weight excluding hydrogens is 360 g/mol. The molecule has 0 aliphatic heterocycles. The summed E-state index contributed by atoms with van der Waals surface area (Å²) in [6.07, 6.45) is 0. The molecule has 0 amide bonds. The van der Waals surface area contributed by atoms with E-state index in [0.717, 1.165) is 0 Å². The molecule has 21 heavy (non-hydrogen) atoms. The molecule has 0 saturated carbocycles. The molecule has 1 aromatic carbocycles. The zero-order valence-electron chi connectivity index (χ0n) is 11.7. The summed E-state index contributed by atoms with van der Waals surface area (Å²) in [5, 5.41) is 0. The topological polar surface area (TPSA) is 27.7 Å². The molecule has 0 atom stereocenters. The molecule has 1 rings (SSSR count). The Balaban J connectivity index is 3.64. The van der Waals surface area contributed by atoms with Gasteiger partial charge in [-0.25, -0.2) is 0 Å². The predicted octanol–water partition coefficient (Wildman–Crippen LogP) is 2.64. The van der Waals surface area contributed by atoms with E-state index in [1.807, 2.05) is 0 Å². The average molecular weight is 375 g/mol. The van der Waals surface area contributed by atoms with Gasteiger partial charge in [0.15, 0.2) is 0 Å². The molecule has 9 heteroatoms. The van der Waals surface area contributed by atoms with E-state index in [1.54, 1.807) is 0 Å². The molecule has 0 bridgehead atoms. The van der Waals surface area contributed by atoms with Gasteiger partial charge in [0.25, 0.3) is 0 Å². The van der Waals surface area contributed by atoms with Gasteiger partial charge < -0.3 is 0 Å². The molecule has 0 heterocycles. The van der Waals surface area contributed by atoms with Crippen LogP contribution in [-0.4, -0.2) is 34.1 Å². The molecule has 0 spiro atoms. The number of halogens is 5. The van der Waals surface area contributed by atoms with Crippen LogP contribution >= 0.6 is 0 Å². The SMILES string of the molecule is CC[O][Ge]([O]CC)([O]CC)[c]1c(F)c(F)c(F)c(F)c1F. The second-order valence-corrected chi connectivity index (χ2v) is 9.00. The van der Waals surface area contributed by atoms with E-state index in [1.165, 1.54) is 20.8 Å². The van der Waals surface area contributed by atoms with Crippen LogP contribution in [0, 0.1) is 29.1 Å². The van der Waals surface area contributed by atoms with E-state index in [4.69, 9.17) is 11.3 Å². The van der Waals surface area contributed by atoms with E-state index in [2.05, 4.69) is 0 Å². The summed E-state index contributed by atoms with van der Waals surface area (Å²) in [4.78, 5) is 0. The molecule has 3 nitrogen and oxygen atoms in total. The first-order valence-corrected chi connectivity index (χ1v) is 9.91. The summed E-state index contributed by atoms with van der Waals surface area (Å²) in [6, 6.07) is 0. The van der Waals surface area contributed by atoms with Crippen molar-refractivity contribution < 1.29 is 33.2 Å².